The summed E-state index contributed by atoms with van der Waals surface area (Å²) in [6, 6.07) is 6.83. The molecule has 4 nitrogen and oxygen atoms in total. The van der Waals surface area contributed by atoms with Crippen molar-refractivity contribution in [1.82, 2.24) is 9.97 Å². The van der Waals surface area contributed by atoms with Crippen molar-refractivity contribution < 1.29 is 9.90 Å². The fourth-order valence-corrected chi connectivity index (χ4v) is 4.50. The first kappa shape index (κ1) is 15.1. The van der Waals surface area contributed by atoms with E-state index in [-0.39, 0.29) is 11.1 Å². The highest BCUT2D eigenvalue weighted by molar-refractivity contribution is 7.09. The van der Waals surface area contributed by atoms with E-state index in [4.69, 9.17) is 5.11 Å². The zero-order chi connectivity index (χ0) is 17.2. The number of benzene rings is 1. The summed E-state index contributed by atoms with van der Waals surface area (Å²) in [4.78, 5) is 19.1. The smallest absolute Gasteiger partial charge is 0.355 e. The molecule has 0 atom stereocenters. The van der Waals surface area contributed by atoms with Crippen molar-refractivity contribution in [1.29, 1.82) is 0 Å². The van der Waals surface area contributed by atoms with Crippen LogP contribution >= 0.6 is 11.3 Å². The third-order valence-electron chi connectivity index (χ3n) is 5.68. The molecule has 2 aliphatic carbocycles. The molecule has 1 aromatic carbocycles. The first-order valence-corrected chi connectivity index (χ1v) is 9.74. The summed E-state index contributed by atoms with van der Waals surface area (Å²) in [6.07, 6.45) is 5.73. The third kappa shape index (κ3) is 2.58. The second kappa shape index (κ2) is 5.18. The zero-order valence-corrected chi connectivity index (χ0v) is 14.9. The van der Waals surface area contributed by atoms with Crippen molar-refractivity contribution >= 4 is 28.2 Å². The number of aromatic nitrogens is 2. The van der Waals surface area contributed by atoms with E-state index >= 15 is 0 Å². The Bertz CT molecular complexity index is 992. The lowest BCUT2D eigenvalue weighted by Gasteiger charge is -2.09. The van der Waals surface area contributed by atoms with E-state index in [2.05, 4.69) is 35.1 Å². The fourth-order valence-electron chi connectivity index (χ4n) is 3.72. The highest BCUT2D eigenvalue weighted by Gasteiger charge is 2.42. The van der Waals surface area contributed by atoms with Crippen LogP contribution in [-0.2, 0) is 11.8 Å². The highest BCUT2D eigenvalue weighted by atomic mass is 32.1. The van der Waals surface area contributed by atoms with Crippen LogP contribution in [0.5, 0.6) is 0 Å². The molecule has 25 heavy (non-hydrogen) atoms. The van der Waals surface area contributed by atoms with Crippen LogP contribution < -0.4 is 0 Å². The van der Waals surface area contributed by atoms with Gasteiger partial charge in [-0.25, -0.2) is 9.78 Å². The van der Waals surface area contributed by atoms with Crippen LogP contribution in [-0.4, -0.2) is 21.0 Å². The van der Waals surface area contributed by atoms with E-state index in [0.717, 1.165) is 10.9 Å². The number of carboxylic acid groups (broad SMARTS) is 1. The average molecular weight is 352 g/mol. The number of hydrogen-bond donors (Lipinski definition) is 2. The number of H-pyrrole nitrogens is 1. The molecule has 2 saturated carbocycles. The first-order valence-electron chi connectivity index (χ1n) is 8.86. The lowest BCUT2D eigenvalue weighted by Crippen LogP contribution is -2.05. The topological polar surface area (TPSA) is 66.0 Å². The summed E-state index contributed by atoms with van der Waals surface area (Å²) in [5.41, 5.74) is 5.66. The molecule has 0 amide bonds. The molecule has 2 aliphatic rings. The van der Waals surface area contributed by atoms with Crippen LogP contribution in [0, 0.1) is 0 Å². The largest absolute Gasteiger partial charge is 0.476 e. The summed E-state index contributed by atoms with van der Waals surface area (Å²) in [7, 11) is 0. The Balaban J connectivity index is 1.60. The van der Waals surface area contributed by atoms with Crippen LogP contribution in [0.15, 0.2) is 23.6 Å². The Morgan fingerprint density at radius 2 is 2.20 bits per heavy atom. The summed E-state index contributed by atoms with van der Waals surface area (Å²) >= 11 is 1.44. The molecule has 3 aromatic rings. The fraction of sp³-hybridized carbons (Fsp3) is 0.400. The molecule has 128 valence electrons. The summed E-state index contributed by atoms with van der Waals surface area (Å²) in [6.45, 7) is 2.31. The molecule has 2 N–H and O–H groups in total. The van der Waals surface area contributed by atoms with Crippen LogP contribution in [0.1, 0.15) is 70.8 Å². The molecular weight excluding hydrogens is 332 g/mol. The number of aromatic amines is 1. The predicted octanol–water partition coefficient (Wildman–Crippen LogP) is 4.84. The Kier molecular flexibility index (Phi) is 3.14. The molecule has 5 rings (SSSR count). The lowest BCUT2D eigenvalue weighted by molar-refractivity contribution is 0.0691. The zero-order valence-electron chi connectivity index (χ0n) is 14.1. The average Bonchev–Trinajstić information content (AvgIpc) is 3.49. The number of hydrogen-bond acceptors (Lipinski definition) is 3. The molecule has 2 fully saturated rings. The number of fused-ring (bicyclic) bond motifs is 1. The molecular formula is C20H20N2O2S. The van der Waals surface area contributed by atoms with Crippen molar-refractivity contribution in [3.05, 3.63) is 51.1 Å². The minimum absolute atomic E-state index is 0.148. The van der Waals surface area contributed by atoms with Gasteiger partial charge in [0.25, 0.3) is 0 Å². The van der Waals surface area contributed by atoms with Crippen molar-refractivity contribution in [2.45, 2.75) is 50.4 Å². The van der Waals surface area contributed by atoms with E-state index in [1.54, 1.807) is 5.38 Å². The highest BCUT2D eigenvalue weighted by Crippen LogP contribution is 2.50. The number of nitrogens with zero attached hydrogens (tertiary/aromatic N) is 1. The van der Waals surface area contributed by atoms with Gasteiger partial charge in [0.05, 0.1) is 5.01 Å². The van der Waals surface area contributed by atoms with Crippen molar-refractivity contribution in [3.8, 4) is 0 Å². The Morgan fingerprint density at radius 3 is 2.84 bits per heavy atom. The molecule has 0 spiro atoms. The summed E-state index contributed by atoms with van der Waals surface area (Å²) in [5, 5.41) is 12.9. The number of thiazole rings is 1. The molecule has 0 aliphatic heterocycles. The van der Waals surface area contributed by atoms with Crippen molar-refractivity contribution in [3.63, 3.8) is 0 Å². The van der Waals surface area contributed by atoms with Gasteiger partial charge in [0.1, 0.15) is 0 Å². The third-order valence-corrected chi connectivity index (χ3v) is 6.53. The maximum absolute atomic E-state index is 11.1. The van der Waals surface area contributed by atoms with Crippen LogP contribution in [0.2, 0.25) is 0 Å². The lowest BCUT2D eigenvalue weighted by atomic mass is 9.97. The van der Waals surface area contributed by atoms with E-state index in [9.17, 15) is 4.79 Å². The van der Waals surface area contributed by atoms with Crippen molar-refractivity contribution in [2.75, 3.05) is 0 Å². The SMILES string of the molecule is CC1(c2[nH]c3cc(C4CC4)ccc3c2Cc2nc(C(=O)O)cs2)CC1. The quantitative estimate of drug-likeness (QED) is 0.690. The predicted molar refractivity (Wildman–Crippen MR) is 98.7 cm³/mol. The minimum atomic E-state index is -0.954. The van der Waals surface area contributed by atoms with E-state index < -0.39 is 5.97 Å². The molecule has 0 bridgehead atoms. The Hall–Kier alpha value is -2.14. The molecule has 2 aromatic heterocycles. The van der Waals surface area contributed by atoms with Crippen LogP contribution in [0.3, 0.4) is 0 Å². The molecule has 2 heterocycles. The standard InChI is InChI=1S/C20H20N2O2S/c1-20(6-7-20)18-14(9-17-21-16(10-25-17)19(23)24)13-5-4-12(11-2-3-11)8-15(13)22-18/h4-5,8,10-11,22H,2-3,6-7,9H2,1H3,(H,23,24). The number of carboxylic acids is 1. The van der Waals surface area contributed by atoms with Gasteiger partial charge < -0.3 is 10.1 Å². The van der Waals surface area contributed by atoms with Gasteiger partial charge in [-0.3, -0.25) is 0 Å². The Morgan fingerprint density at radius 1 is 1.40 bits per heavy atom. The molecule has 0 unspecified atom stereocenters. The van der Waals surface area contributed by atoms with Gasteiger partial charge in [-0.1, -0.05) is 19.1 Å². The van der Waals surface area contributed by atoms with Gasteiger partial charge >= 0.3 is 5.97 Å². The summed E-state index contributed by atoms with van der Waals surface area (Å²) in [5.74, 6) is -0.210. The molecule has 5 heteroatoms. The number of rotatable bonds is 5. The van der Waals surface area contributed by atoms with E-state index in [1.807, 2.05) is 0 Å². The summed E-state index contributed by atoms with van der Waals surface area (Å²) < 4.78 is 0. The van der Waals surface area contributed by atoms with Gasteiger partial charge in [-0.05, 0) is 48.8 Å². The Labute approximate surface area is 149 Å². The monoisotopic (exact) mass is 352 g/mol. The van der Waals surface area contributed by atoms with Gasteiger partial charge in [-0.15, -0.1) is 11.3 Å². The first-order chi connectivity index (χ1) is 12.0. The van der Waals surface area contributed by atoms with Crippen LogP contribution in [0.4, 0.5) is 0 Å². The maximum Gasteiger partial charge on any atom is 0.355 e. The molecule has 0 saturated heterocycles. The number of aromatic carboxylic acids is 1. The second-order valence-electron chi connectivity index (χ2n) is 7.73. The number of nitrogens with one attached hydrogen (secondary N) is 1. The molecule has 0 radical (unpaired) electrons. The van der Waals surface area contributed by atoms with Gasteiger partial charge in [-0.2, -0.15) is 0 Å². The van der Waals surface area contributed by atoms with Gasteiger partial charge in [0, 0.05) is 33.8 Å². The van der Waals surface area contributed by atoms with E-state index in [0.29, 0.717) is 6.42 Å². The normalized spacial score (nSPS) is 18.6. The maximum atomic E-state index is 11.1. The second-order valence-corrected chi connectivity index (χ2v) is 8.67. The van der Waals surface area contributed by atoms with E-state index in [1.165, 1.54) is 64.7 Å². The van der Waals surface area contributed by atoms with Gasteiger partial charge in [0.15, 0.2) is 5.69 Å². The number of carbonyl (C=O) groups is 1. The van der Waals surface area contributed by atoms with Crippen LogP contribution in [0.25, 0.3) is 10.9 Å². The minimum Gasteiger partial charge on any atom is -0.476 e. The van der Waals surface area contributed by atoms with Crippen molar-refractivity contribution in [2.24, 2.45) is 0 Å². The van der Waals surface area contributed by atoms with Gasteiger partial charge in [0.2, 0.25) is 0 Å².